The fraction of sp³-hybridized carbons (Fsp3) is 0.325. The Balaban J connectivity index is 0.000000239. The zero-order valence-electron chi connectivity index (χ0n) is 59.3. The van der Waals surface area contributed by atoms with Crippen LogP contribution in [0.4, 0.5) is 17.5 Å². The molecule has 0 radical (unpaired) electrons. The number of carbonyl (C=O) groups is 5. The molecule has 12 rings (SSSR count). The Morgan fingerprint density at radius 3 is 1.06 bits per heavy atom. The number of ether oxygens (including phenoxy) is 3. The van der Waals surface area contributed by atoms with Gasteiger partial charge in [0.15, 0.2) is 0 Å². The van der Waals surface area contributed by atoms with Crippen molar-refractivity contribution in [3.05, 3.63) is 232 Å². The topological polar surface area (TPSA) is 194 Å². The second-order valence-corrected chi connectivity index (χ2v) is 26.4. The molecule has 3 heterocycles. The number of hydrogen-bond acceptors (Lipinski definition) is 11. The van der Waals surface area contributed by atoms with Crippen LogP contribution in [0.1, 0.15) is 152 Å². The molecule has 0 bridgehead atoms. The number of rotatable bonds is 22. The predicted octanol–water partition coefficient (Wildman–Crippen LogP) is 17.5. The van der Waals surface area contributed by atoms with Gasteiger partial charge < -0.3 is 40.0 Å². The molecule has 0 aliphatic heterocycles. The lowest BCUT2D eigenvalue weighted by molar-refractivity contribution is -0.119. The number of nitrogens with zero attached hydrogens (tertiary/aromatic N) is 5. The molecular weight excluding hydrogens is 1240 g/mol. The van der Waals surface area contributed by atoms with Gasteiger partial charge in [-0.15, -0.1) is 0 Å². The average Bonchev–Trinajstić information content (AvgIpc) is 1.61. The highest BCUT2D eigenvalue weighted by Crippen LogP contribution is 2.51. The maximum absolute atomic E-state index is 13.3. The fourth-order valence-corrected chi connectivity index (χ4v) is 12.9. The first-order chi connectivity index (χ1) is 47.6. The van der Waals surface area contributed by atoms with Crippen molar-refractivity contribution in [1.82, 2.24) is 24.8 Å². The molecule has 16 nitrogen and oxygen atoms in total. The van der Waals surface area contributed by atoms with Crippen LogP contribution in [0.5, 0.6) is 17.2 Å². The summed E-state index contributed by atoms with van der Waals surface area (Å²) in [5.41, 5.74) is 12.6. The number of methoxy groups -OCH3 is 3. The third-order valence-corrected chi connectivity index (χ3v) is 19.4. The first kappa shape index (κ1) is 71.3. The normalized spacial score (nSPS) is 14.0. The van der Waals surface area contributed by atoms with Gasteiger partial charge in [-0.3, -0.25) is 24.0 Å². The van der Waals surface area contributed by atoms with E-state index in [9.17, 15) is 24.0 Å². The monoisotopic (exact) mass is 1340 g/mol. The number of carbonyl (C=O) groups excluding carboxylic acids is 5. The number of nitrogens with one attached hydrogen (secondary N) is 3. The summed E-state index contributed by atoms with van der Waals surface area (Å²) in [4.78, 5) is 83.2. The van der Waals surface area contributed by atoms with Crippen LogP contribution in [0.3, 0.4) is 0 Å². The van der Waals surface area contributed by atoms with Crippen LogP contribution >= 0.6 is 0 Å². The highest BCUT2D eigenvalue weighted by atomic mass is 16.5. The summed E-state index contributed by atoms with van der Waals surface area (Å²) in [6.07, 6.45) is 5.88. The molecule has 0 saturated heterocycles. The van der Waals surface area contributed by atoms with Crippen LogP contribution in [-0.2, 0) is 37.0 Å². The summed E-state index contributed by atoms with van der Waals surface area (Å²) in [5.74, 6) is 3.95. The first-order valence-corrected chi connectivity index (χ1v) is 34.4. The second kappa shape index (κ2) is 30.9. The molecule has 99 heavy (non-hydrogen) atoms. The van der Waals surface area contributed by atoms with E-state index in [-0.39, 0.29) is 47.3 Å². The number of amides is 5. The van der Waals surface area contributed by atoms with Gasteiger partial charge in [0.25, 0.3) is 11.8 Å². The SMILES string of the molecule is CCN(CC)C(=O)c1ccc(-c2nc(NC(=O)C3(c4ccc(OC)cc4)CC3)ccc2C)cc1.CCc1ccccc1-c1nc(NC(=O)C2(c3ccc(OC)cc3)CC2)ccc1C.COc1ccc(C2(C(=O)Nc3ccc(C)c(-c4ccc(C(=O)N(C(C)C)C(C)C)cc4)n3)CC2)cc1.[HH].[HH].[HH].[HH]. The first-order valence-electron chi connectivity index (χ1n) is 34.4. The molecule has 3 saturated carbocycles. The number of pyridine rings is 3. The molecule has 3 aromatic heterocycles. The zero-order chi connectivity index (χ0) is 70.8. The minimum Gasteiger partial charge on any atom is -0.497 e. The Morgan fingerprint density at radius 1 is 0.424 bits per heavy atom. The van der Waals surface area contributed by atoms with Gasteiger partial charge in [-0.05, 0) is 225 Å². The van der Waals surface area contributed by atoms with Gasteiger partial charge in [-0.2, -0.15) is 0 Å². The average molecular weight is 1340 g/mol. The van der Waals surface area contributed by atoms with Crippen LogP contribution < -0.4 is 30.2 Å². The standard InChI is InChI=1S/C30H35N3O3.C28H31N3O3.C25H26N2O2.4H2/c1-19(2)33(20(3)4)28(34)23-10-8-22(9-11-23)27-21(5)7-16-26(31-27)32-29(35)30(17-18-30)24-12-14-25(36-6)15-13-24;1-5-31(6-2)26(32)21-10-8-20(9-11-21)25-19(3)7-16-24(29-25)30-27(33)28(17-18-28)22-12-14-23(34-4)15-13-22;1-4-18-7-5-6-8-21(18)23-17(2)9-14-22(26-23)27-24(28)25(15-16-25)19-10-12-20(29-3)13-11-19;;;;/h7-16,19-20H,17-18H2,1-6H3,(H,31,32,35);7-16H,5-6,17-18H2,1-4H3,(H,29,30,33);5-14H,4,15-16H2,1-3H3,(H,26,27,28);4*1H. The van der Waals surface area contributed by atoms with Crippen LogP contribution in [0.2, 0.25) is 0 Å². The molecule has 520 valence electrons. The summed E-state index contributed by atoms with van der Waals surface area (Å²) < 4.78 is 15.7. The molecule has 0 unspecified atom stereocenters. The fourth-order valence-electron chi connectivity index (χ4n) is 12.9. The largest absolute Gasteiger partial charge is 0.497 e. The molecule has 3 N–H and O–H groups in total. The van der Waals surface area contributed by atoms with E-state index in [1.165, 1.54) is 5.56 Å². The van der Waals surface area contributed by atoms with Gasteiger partial charge >= 0.3 is 0 Å². The number of benzene rings is 6. The maximum atomic E-state index is 13.3. The Morgan fingerprint density at radius 2 is 0.747 bits per heavy atom. The van der Waals surface area contributed by atoms with Gasteiger partial charge in [0.05, 0.1) is 54.7 Å². The quantitative estimate of drug-likeness (QED) is 0.0584. The van der Waals surface area contributed by atoms with E-state index in [4.69, 9.17) is 29.2 Å². The number of hydrogen-bond donors (Lipinski definition) is 3. The van der Waals surface area contributed by atoms with Crippen molar-refractivity contribution in [3.8, 4) is 51.0 Å². The van der Waals surface area contributed by atoms with Crippen LogP contribution in [-0.4, -0.2) is 101 Å². The van der Waals surface area contributed by atoms with Gasteiger partial charge in [0.2, 0.25) is 17.7 Å². The van der Waals surface area contributed by atoms with Crippen molar-refractivity contribution < 1.29 is 43.9 Å². The minimum atomic E-state index is -0.514. The van der Waals surface area contributed by atoms with E-state index in [1.54, 1.807) is 26.2 Å². The van der Waals surface area contributed by atoms with Crippen molar-refractivity contribution in [2.45, 2.75) is 143 Å². The van der Waals surface area contributed by atoms with Crippen molar-refractivity contribution in [2.24, 2.45) is 0 Å². The highest BCUT2D eigenvalue weighted by molar-refractivity contribution is 6.03. The van der Waals surface area contributed by atoms with Gasteiger partial charge in [-0.25, -0.2) is 15.0 Å². The lowest BCUT2D eigenvalue weighted by atomic mass is 9.95. The number of anilines is 3. The van der Waals surface area contributed by atoms with E-state index < -0.39 is 16.2 Å². The Bertz CT molecular complexity index is 4360. The van der Waals surface area contributed by atoms with E-state index >= 15 is 0 Å². The van der Waals surface area contributed by atoms with Crippen molar-refractivity contribution in [2.75, 3.05) is 50.4 Å². The van der Waals surface area contributed by atoms with Gasteiger partial charge in [-0.1, -0.05) is 110 Å². The van der Waals surface area contributed by atoms with Crippen molar-refractivity contribution >= 4 is 47.0 Å². The lowest BCUT2D eigenvalue weighted by Gasteiger charge is -2.30. The molecule has 6 aromatic carbocycles. The van der Waals surface area contributed by atoms with E-state index in [0.29, 0.717) is 41.7 Å². The third-order valence-electron chi connectivity index (χ3n) is 19.4. The highest BCUT2D eigenvalue weighted by Gasteiger charge is 2.53. The van der Waals surface area contributed by atoms with Crippen LogP contribution in [0, 0.1) is 20.8 Å². The minimum absolute atomic E-state index is 0. The Labute approximate surface area is 588 Å². The summed E-state index contributed by atoms with van der Waals surface area (Å²) in [5, 5.41) is 9.13. The molecule has 3 aliphatic rings. The molecule has 0 spiro atoms. The molecule has 5 amide bonds. The van der Waals surface area contributed by atoms with E-state index in [0.717, 1.165) is 129 Å². The zero-order valence-corrected chi connectivity index (χ0v) is 59.3. The molecular formula is C83H100N8O8. The second-order valence-electron chi connectivity index (χ2n) is 26.4. The molecule has 3 fully saturated rings. The molecule has 0 atom stereocenters. The summed E-state index contributed by atoms with van der Waals surface area (Å²) in [7, 11) is 4.91. The van der Waals surface area contributed by atoms with E-state index in [1.807, 2.05) is 224 Å². The van der Waals surface area contributed by atoms with Crippen molar-refractivity contribution in [3.63, 3.8) is 0 Å². The summed E-state index contributed by atoms with van der Waals surface area (Å²) in [6.45, 7) is 21.6. The van der Waals surface area contributed by atoms with Crippen LogP contribution in [0.25, 0.3) is 33.8 Å². The number of aromatic nitrogens is 3. The maximum Gasteiger partial charge on any atom is 0.254 e. The molecule has 3 aliphatic carbocycles. The summed E-state index contributed by atoms with van der Waals surface area (Å²) in [6, 6.07) is 58.3. The van der Waals surface area contributed by atoms with Gasteiger partial charge in [0.1, 0.15) is 34.7 Å². The third kappa shape index (κ3) is 15.9. The Kier molecular flexibility index (Phi) is 22.3. The van der Waals surface area contributed by atoms with Gasteiger partial charge in [0, 0.05) is 58.7 Å². The van der Waals surface area contributed by atoms with Crippen LogP contribution in [0.15, 0.2) is 182 Å². The lowest BCUT2D eigenvalue weighted by Crippen LogP contribution is -2.42. The predicted molar refractivity (Wildman–Crippen MR) is 402 cm³/mol. The molecule has 9 aromatic rings. The smallest absolute Gasteiger partial charge is 0.254 e. The van der Waals surface area contributed by atoms with Crippen molar-refractivity contribution in [1.29, 1.82) is 0 Å². The Hall–Kier alpha value is -10.5. The number of aryl methyl sites for hydroxylation is 4. The summed E-state index contributed by atoms with van der Waals surface area (Å²) >= 11 is 0. The molecule has 16 heteroatoms. The van der Waals surface area contributed by atoms with E-state index in [2.05, 4.69) is 48.0 Å².